The van der Waals surface area contributed by atoms with Crippen LogP contribution >= 0.6 is 0 Å². The summed E-state index contributed by atoms with van der Waals surface area (Å²) >= 11 is 0. The van der Waals surface area contributed by atoms with E-state index in [2.05, 4.69) is 34.7 Å². The number of aryl methyl sites for hydroxylation is 1. The Balaban J connectivity index is 1.49. The number of hydrogen-bond donors (Lipinski definition) is 2. The number of carbonyl (C=O) groups is 1. The Labute approximate surface area is 159 Å². The van der Waals surface area contributed by atoms with Crippen molar-refractivity contribution in [1.82, 2.24) is 4.98 Å². The van der Waals surface area contributed by atoms with Crippen LogP contribution in [0.1, 0.15) is 24.1 Å². The van der Waals surface area contributed by atoms with Crippen molar-refractivity contribution in [2.75, 3.05) is 17.2 Å². The largest absolute Gasteiger partial charge is 0.484 e. The molecule has 1 heterocycles. The van der Waals surface area contributed by atoms with E-state index in [0.29, 0.717) is 11.6 Å². The van der Waals surface area contributed by atoms with E-state index in [1.807, 2.05) is 55.5 Å². The first-order valence-electron chi connectivity index (χ1n) is 8.87. The summed E-state index contributed by atoms with van der Waals surface area (Å²) in [6, 6.07) is 21.6. The molecular weight excluding hydrogens is 338 g/mol. The standard InChI is InChI=1S/C22H23N3O2/c1-16-8-11-20(12-9-16)27-15-22(26)25-21-13-10-19(14-23-21)24-17(2)18-6-4-3-5-7-18/h3-14,17,24H,15H2,1-2H3,(H,23,25,26). The van der Waals surface area contributed by atoms with E-state index in [4.69, 9.17) is 4.74 Å². The Kier molecular flexibility index (Phi) is 6.05. The minimum Gasteiger partial charge on any atom is -0.484 e. The molecule has 0 aliphatic rings. The highest BCUT2D eigenvalue weighted by Gasteiger charge is 2.07. The van der Waals surface area contributed by atoms with Crippen molar-refractivity contribution in [1.29, 1.82) is 0 Å². The number of ether oxygens (including phenoxy) is 1. The Morgan fingerprint density at radius 3 is 2.44 bits per heavy atom. The third-order valence-electron chi connectivity index (χ3n) is 4.10. The van der Waals surface area contributed by atoms with Crippen LogP contribution in [-0.2, 0) is 4.79 Å². The monoisotopic (exact) mass is 361 g/mol. The molecule has 1 atom stereocenters. The van der Waals surface area contributed by atoms with Gasteiger partial charge in [-0.05, 0) is 43.7 Å². The average molecular weight is 361 g/mol. The molecule has 0 saturated heterocycles. The summed E-state index contributed by atoms with van der Waals surface area (Å²) in [5, 5.41) is 6.12. The smallest absolute Gasteiger partial charge is 0.263 e. The van der Waals surface area contributed by atoms with Crippen molar-refractivity contribution >= 4 is 17.4 Å². The van der Waals surface area contributed by atoms with Crippen molar-refractivity contribution in [3.63, 3.8) is 0 Å². The predicted octanol–water partition coefficient (Wildman–Crippen LogP) is 4.58. The van der Waals surface area contributed by atoms with E-state index in [1.165, 1.54) is 5.56 Å². The number of nitrogens with one attached hydrogen (secondary N) is 2. The maximum absolute atomic E-state index is 12.0. The molecule has 0 spiro atoms. The molecule has 0 aliphatic heterocycles. The van der Waals surface area contributed by atoms with Gasteiger partial charge in [0.2, 0.25) is 0 Å². The average Bonchev–Trinajstić information content (AvgIpc) is 2.70. The van der Waals surface area contributed by atoms with Gasteiger partial charge >= 0.3 is 0 Å². The van der Waals surface area contributed by atoms with E-state index in [0.717, 1.165) is 11.3 Å². The van der Waals surface area contributed by atoms with Gasteiger partial charge in [-0.25, -0.2) is 4.98 Å². The summed E-state index contributed by atoms with van der Waals surface area (Å²) < 4.78 is 5.47. The summed E-state index contributed by atoms with van der Waals surface area (Å²) in [7, 11) is 0. The zero-order valence-corrected chi connectivity index (χ0v) is 15.5. The third kappa shape index (κ3) is 5.57. The minimum absolute atomic E-state index is 0.0597. The fourth-order valence-electron chi connectivity index (χ4n) is 2.59. The number of aromatic nitrogens is 1. The van der Waals surface area contributed by atoms with Gasteiger partial charge in [-0.2, -0.15) is 0 Å². The Morgan fingerprint density at radius 1 is 1.04 bits per heavy atom. The van der Waals surface area contributed by atoms with Crippen molar-refractivity contribution in [3.05, 3.63) is 84.1 Å². The lowest BCUT2D eigenvalue weighted by Gasteiger charge is -2.15. The second kappa shape index (κ2) is 8.85. The number of hydrogen-bond acceptors (Lipinski definition) is 4. The molecule has 2 N–H and O–H groups in total. The third-order valence-corrected chi connectivity index (χ3v) is 4.10. The Bertz CT molecular complexity index is 862. The number of nitrogens with zero attached hydrogens (tertiary/aromatic N) is 1. The molecule has 0 saturated carbocycles. The van der Waals surface area contributed by atoms with Gasteiger partial charge in [-0.1, -0.05) is 48.0 Å². The molecule has 5 heteroatoms. The molecule has 27 heavy (non-hydrogen) atoms. The number of pyridine rings is 1. The molecule has 1 unspecified atom stereocenters. The molecule has 3 rings (SSSR count). The lowest BCUT2D eigenvalue weighted by Crippen LogP contribution is -2.20. The summed E-state index contributed by atoms with van der Waals surface area (Å²) in [5.74, 6) is 0.907. The molecule has 3 aromatic rings. The number of anilines is 2. The second-order valence-electron chi connectivity index (χ2n) is 6.36. The van der Waals surface area contributed by atoms with E-state index >= 15 is 0 Å². The predicted molar refractivity (Wildman–Crippen MR) is 108 cm³/mol. The van der Waals surface area contributed by atoms with Gasteiger partial charge in [0.25, 0.3) is 5.91 Å². The first-order chi connectivity index (χ1) is 13.1. The lowest BCUT2D eigenvalue weighted by molar-refractivity contribution is -0.118. The highest BCUT2D eigenvalue weighted by molar-refractivity contribution is 5.91. The zero-order valence-electron chi connectivity index (χ0n) is 15.5. The molecular formula is C22H23N3O2. The van der Waals surface area contributed by atoms with Crippen LogP contribution in [0.15, 0.2) is 72.9 Å². The quantitative estimate of drug-likeness (QED) is 0.646. The first kappa shape index (κ1) is 18.5. The Hall–Kier alpha value is -3.34. The van der Waals surface area contributed by atoms with Gasteiger partial charge in [-0.3, -0.25) is 4.79 Å². The highest BCUT2D eigenvalue weighted by Crippen LogP contribution is 2.19. The van der Waals surface area contributed by atoms with Crippen LogP contribution in [0.5, 0.6) is 5.75 Å². The summed E-state index contributed by atoms with van der Waals surface area (Å²) in [5.41, 5.74) is 3.23. The molecule has 0 radical (unpaired) electrons. The maximum atomic E-state index is 12.0. The van der Waals surface area contributed by atoms with E-state index in [9.17, 15) is 4.79 Å². The summed E-state index contributed by atoms with van der Waals surface area (Å²) in [6.45, 7) is 4.03. The topological polar surface area (TPSA) is 63.2 Å². The molecule has 5 nitrogen and oxygen atoms in total. The minimum atomic E-state index is -0.249. The van der Waals surface area contributed by atoms with Crippen molar-refractivity contribution in [2.24, 2.45) is 0 Å². The number of carbonyl (C=O) groups excluding carboxylic acids is 1. The van der Waals surface area contributed by atoms with Gasteiger partial charge in [0, 0.05) is 6.04 Å². The van der Waals surface area contributed by atoms with E-state index in [-0.39, 0.29) is 18.6 Å². The van der Waals surface area contributed by atoms with Crippen molar-refractivity contribution in [3.8, 4) is 5.75 Å². The highest BCUT2D eigenvalue weighted by atomic mass is 16.5. The molecule has 1 aromatic heterocycles. The van der Waals surface area contributed by atoms with Crippen molar-refractivity contribution in [2.45, 2.75) is 19.9 Å². The zero-order chi connectivity index (χ0) is 19.1. The molecule has 1 amide bonds. The Morgan fingerprint density at radius 2 is 1.78 bits per heavy atom. The van der Waals surface area contributed by atoms with Crippen LogP contribution in [0.4, 0.5) is 11.5 Å². The van der Waals surface area contributed by atoms with Gasteiger partial charge in [0.1, 0.15) is 11.6 Å². The normalized spacial score (nSPS) is 11.5. The molecule has 138 valence electrons. The van der Waals surface area contributed by atoms with Crippen LogP contribution in [0.2, 0.25) is 0 Å². The first-order valence-corrected chi connectivity index (χ1v) is 8.87. The maximum Gasteiger partial charge on any atom is 0.263 e. The van der Waals surface area contributed by atoms with Gasteiger partial charge < -0.3 is 15.4 Å². The summed E-state index contributed by atoms with van der Waals surface area (Å²) in [6.07, 6.45) is 1.70. The van der Waals surface area contributed by atoms with Crippen LogP contribution < -0.4 is 15.4 Å². The molecule has 0 fully saturated rings. The van der Waals surface area contributed by atoms with Gasteiger partial charge in [-0.15, -0.1) is 0 Å². The van der Waals surface area contributed by atoms with Gasteiger partial charge in [0.15, 0.2) is 6.61 Å². The molecule has 0 aliphatic carbocycles. The fourth-order valence-corrected chi connectivity index (χ4v) is 2.59. The number of amides is 1. The number of rotatable bonds is 7. The SMILES string of the molecule is Cc1ccc(OCC(=O)Nc2ccc(NC(C)c3ccccc3)cn2)cc1. The van der Waals surface area contributed by atoms with Crippen LogP contribution in [0, 0.1) is 6.92 Å². The lowest BCUT2D eigenvalue weighted by atomic mass is 10.1. The van der Waals surface area contributed by atoms with Gasteiger partial charge in [0.05, 0.1) is 11.9 Å². The van der Waals surface area contributed by atoms with Crippen molar-refractivity contribution < 1.29 is 9.53 Å². The van der Waals surface area contributed by atoms with Crippen LogP contribution in [0.25, 0.3) is 0 Å². The second-order valence-corrected chi connectivity index (χ2v) is 6.36. The fraction of sp³-hybridized carbons (Fsp3) is 0.182. The van der Waals surface area contributed by atoms with E-state index < -0.39 is 0 Å². The number of benzene rings is 2. The molecule has 0 bridgehead atoms. The van der Waals surface area contributed by atoms with Crippen LogP contribution in [-0.4, -0.2) is 17.5 Å². The molecule has 2 aromatic carbocycles. The van der Waals surface area contributed by atoms with Crippen LogP contribution in [0.3, 0.4) is 0 Å². The van der Waals surface area contributed by atoms with E-state index in [1.54, 1.807) is 12.3 Å². The summed E-state index contributed by atoms with van der Waals surface area (Å²) in [4.78, 5) is 16.3.